The number of carbonyl (C=O) groups is 2. The van der Waals surface area contributed by atoms with Crippen molar-refractivity contribution in [1.82, 2.24) is 10.6 Å². The first-order valence-corrected chi connectivity index (χ1v) is 7.47. The summed E-state index contributed by atoms with van der Waals surface area (Å²) in [6, 6.07) is 1.74. The van der Waals surface area contributed by atoms with Gasteiger partial charge in [0.25, 0.3) is 0 Å². The molecule has 2 unspecified atom stereocenters. The minimum absolute atomic E-state index is 0.00286. The smallest absolute Gasteiger partial charge is 0.332 e. The van der Waals surface area contributed by atoms with E-state index in [-0.39, 0.29) is 25.0 Å². The number of carbonyl (C=O) groups excluding carboxylic acids is 1. The van der Waals surface area contributed by atoms with Crippen molar-refractivity contribution in [1.29, 1.82) is 0 Å². The zero-order chi connectivity index (χ0) is 14.5. The monoisotopic (exact) mass is 298 g/mol. The van der Waals surface area contributed by atoms with Gasteiger partial charge in [-0.25, -0.2) is 9.59 Å². The third-order valence-corrected chi connectivity index (χ3v) is 4.34. The fourth-order valence-corrected chi connectivity index (χ4v) is 3.28. The molecule has 2 amide bonds. The number of urea groups is 1. The molecule has 4 N–H and O–H groups in total. The first kappa shape index (κ1) is 14.8. The first-order valence-electron chi connectivity index (χ1n) is 6.59. The minimum atomic E-state index is -1.44. The Labute approximate surface area is 120 Å². The molecule has 1 aromatic heterocycles. The largest absolute Gasteiger partial charge is 0.479 e. The van der Waals surface area contributed by atoms with Gasteiger partial charge in [0, 0.05) is 17.8 Å². The van der Waals surface area contributed by atoms with Crippen LogP contribution >= 0.6 is 11.3 Å². The molecule has 0 bridgehead atoms. The number of fused-ring (bicyclic) bond motifs is 1. The molecule has 0 radical (unpaired) electrons. The molecule has 1 heterocycles. The highest BCUT2D eigenvalue weighted by atomic mass is 32.1. The predicted octanol–water partition coefficient (Wildman–Crippen LogP) is 1.26. The number of nitrogens with one attached hydrogen (secondary N) is 2. The van der Waals surface area contributed by atoms with Crippen molar-refractivity contribution in [2.75, 3.05) is 6.54 Å². The number of aliphatic hydroxyl groups is 1. The second-order valence-electron chi connectivity index (χ2n) is 4.79. The van der Waals surface area contributed by atoms with Crippen LogP contribution in [0, 0.1) is 0 Å². The average Bonchev–Trinajstić information content (AvgIpc) is 2.87. The molecule has 20 heavy (non-hydrogen) atoms. The number of carboxylic acid groups (broad SMARTS) is 1. The van der Waals surface area contributed by atoms with E-state index in [0.29, 0.717) is 0 Å². The molecule has 2 rings (SSSR count). The van der Waals surface area contributed by atoms with E-state index >= 15 is 0 Å². The van der Waals surface area contributed by atoms with E-state index in [1.807, 2.05) is 11.4 Å². The lowest BCUT2D eigenvalue weighted by atomic mass is 9.94. The number of carboxylic acids is 1. The van der Waals surface area contributed by atoms with Gasteiger partial charge in [-0.15, -0.1) is 11.3 Å². The van der Waals surface area contributed by atoms with Gasteiger partial charge in [0.05, 0.1) is 6.04 Å². The lowest BCUT2D eigenvalue weighted by Crippen LogP contribution is -2.40. The summed E-state index contributed by atoms with van der Waals surface area (Å²) in [6.07, 6.45) is 1.59. The number of hydrogen-bond acceptors (Lipinski definition) is 4. The molecule has 1 aliphatic rings. The van der Waals surface area contributed by atoms with Crippen molar-refractivity contribution in [3.05, 3.63) is 21.9 Å². The van der Waals surface area contributed by atoms with Crippen LogP contribution < -0.4 is 10.6 Å². The van der Waals surface area contributed by atoms with E-state index in [1.54, 1.807) is 11.3 Å². The molecule has 1 aliphatic carbocycles. The Morgan fingerprint density at radius 1 is 1.50 bits per heavy atom. The van der Waals surface area contributed by atoms with Crippen LogP contribution in [0.2, 0.25) is 0 Å². The lowest BCUT2D eigenvalue weighted by molar-refractivity contribution is -0.146. The first-order chi connectivity index (χ1) is 9.58. The van der Waals surface area contributed by atoms with Crippen LogP contribution in [-0.4, -0.2) is 34.9 Å². The topological polar surface area (TPSA) is 98.7 Å². The SMILES string of the molecule is O=C(NCCC(O)C(=O)O)NC1CCCc2sccc21. The summed E-state index contributed by atoms with van der Waals surface area (Å²) in [6.45, 7) is 0.127. The molecule has 6 nitrogen and oxygen atoms in total. The van der Waals surface area contributed by atoms with Crippen molar-refractivity contribution < 1.29 is 19.8 Å². The van der Waals surface area contributed by atoms with Crippen molar-refractivity contribution in [2.24, 2.45) is 0 Å². The van der Waals surface area contributed by atoms with Gasteiger partial charge < -0.3 is 20.8 Å². The normalized spacial score (nSPS) is 18.9. The van der Waals surface area contributed by atoms with E-state index in [4.69, 9.17) is 10.2 Å². The molecule has 0 aliphatic heterocycles. The Kier molecular flexibility index (Phi) is 4.97. The van der Waals surface area contributed by atoms with Crippen molar-refractivity contribution in [3.63, 3.8) is 0 Å². The lowest BCUT2D eigenvalue weighted by Gasteiger charge is -2.23. The molecular weight excluding hydrogens is 280 g/mol. The van der Waals surface area contributed by atoms with Crippen molar-refractivity contribution in [3.8, 4) is 0 Å². The Bertz CT molecular complexity index is 488. The van der Waals surface area contributed by atoms with Gasteiger partial charge in [0.1, 0.15) is 0 Å². The Morgan fingerprint density at radius 3 is 3.05 bits per heavy atom. The fourth-order valence-electron chi connectivity index (χ4n) is 2.29. The number of thiophene rings is 1. The van der Waals surface area contributed by atoms with Crippen LogP contribution in [0.25, 0.3) is 0 Å². The number of aliphatic hydroxyl groups excluding tert-OH is 1. The van der Waals surface area contributed by atoms with Crippen LogP contribution in [0.5, 0.6) is 0 Å². The van der Waals surface area contributed by atoms with Gasteiger partial charge in [-0.2, -0.15) is 0 Å². The third kappa shape index (κ3) is 3.71. The molecule has 2 atom stereocenters. The summed E-state index contributed by atoms with van der Waals surface area (Å²) in [5, 5.41) is 25.1. The fraction of sp³-hybridized carbons (Fsp3) is 0.538. The molecule has 0 aromatic carbocycles. The number of amides is 2. The molecule has 0 saturated carbocycles. The highest BCUT2D eigenvalue weighted by molar-refractivity contribution is 7.10. The summed E-state index contributed by atoms with van der Waals surface area (Å²) < 4.78 is 0. The summed E-state index contributed by atoms with van der Waals surface area (Å²) in [4.78, 5) is 23.5. The van der Waals surface area contributed by atoms with E-state index in [1.165, 1.54) is 10.4 Å². The van der Waals surface area contributed by atoms with Crippen LogP contribution in [0.15, 0.2) is 11.4 Å². The Hall–Kier alpha value is -1.60. The van der Waals surface area contributed by atoms with E-state index < -0.39 is 12.1 Å². The maximum Gasteiger partial charge on any atom is 0.332 e. The zero-order valence-corrected chi connectivity index (χ0v) is 11.8. The zero-order valence-electron chi connectivity index (χ0n) is 11.0. The standard InChI is InChI=1S/C13H18N2O4S/c16-10(12(17)18)4-6-14-13(19)15-9-2-1-3-11-8(9)5-7-20-11/h5,7,9-10,16H,1-4,6H2,(H,17,18)(H2,14,15,19). The molecule has 7 heteroatoms. The van der Waals surface area contributed by atoms with Crippen molar-refractivity contribution >= 4 is 23.3 Å². The quantitative estimate of drug-likeness (QED) is 0.657. The Morgan fingerprint density at radius 2 is 2.30 bits per heavy atom. The summed E-state index contributed by atoms with van der Waals surface area (Å²) in [5.41, 5.74) is 1.18. The van der Waals surface area contributed by atoms with Crippen LogP contribution in [0.4, 0.5) is 4.79 Å². The highest BCUT2D eigenvalue weighted by Crippen LogP contribution is 2.33. The van der Waals surface area contributed by atoms with Crippen molar-refractivity contribution in [2.45, 2.75) is 37.8 Å². The van der Waals surface area contributed by atoms with Gasteiger partial charge in [-0.05, 0) is 36.3 Å². The molecule has 110 valence electrons. The second kappa shape index (κ2) is 6.71. The van der Waals surface area contributed by atoms with E-state index in [2.05, 4.69) is 10.6 Å². The maximum absolute atomic E-state index is 11.7. The summed E-state index contributed by atoms with van der Waals surface area (Å²) in [5.74, 6) is -1.28. The third-order valence-electron chi connectivity index (χ3n) is 3.35. The maximum atomic E-state index is 11.7. The minimum Gasteiger partial charge on any atom is -0.479 e. The number of aliphatic carboxylic acids is 1. The molecular formula is C13H18N2O4S. The summed E-state index contributed by atoms with van der Waals surface area (Å²) in [7, 11) is 0. The molecule has 1 aromatic rings. The van der Waals surface area contributed by atoms with Crippen LogP contribution in [0.3, 0.4) is 0 Å². The predicted molar refractivity (Wildman–Crippen MR) is 74.8 cm³/mol. The average molecular weight is 298 g/mol. The van der Waals surface area contributed by atoms with Crippen LogP contribution in [-0.2, 0) is 11.2 Å². The van der Waals surface area contributed by atoms with E-state index in [0.717, 1.165) is 19.3 Å². The van der Waals surface area contributed by atoms with Gasteiger partial charge >= 0.3 is 12.0 Å². The van der Waals surface area contributed by atoms with Crippen LogP contribution in [0.1, 0.15) is 35.7 Å². The van der Waals surface area contributed by atoms with Gasteiger partial charge in [-0.1, -0.05) is 0 Å². The van der Waals surface area contributed by atoms with Gasteiger partial charge in [-0.3, -0.25) is 0 Å². The summed E-state index contributed by atoms with van der Waals surface area (Å²) >= 11 is 1.71. The number of aryl methyl sites for hydroxylation is 1. The highest BCUT2D eigenvalue weighted by Gasteiger charge is 2.22. The molecule has 0 spiro atoms. The number of hydrogen-bond donors (Lipinski definition) is 4. The molecule has 0 saturated heterocycles. The van der Waals surface area contributed by atoms with E-state index in [9.17, 15) is 9.59 Å². The second-order valence-corrected chi connectivity index (χ2v) is 5.79. The van der Waals surface area contributed by atoms with Gasteiger partial charge in [0.15, 0.2) is 6.10 Å². The van der Waals surface area contributed by atoms with Gasteiger partial charge in [0.2, 0.25) is 0 Å². The molecule has 0 fully saturated rings. The Balaban J connectivity index is 1.77. The number of rotatable bonds is 5.